The first kappa shape index (κ1) is 65.2. The summed E-state index contributed by atoms with van der Waals surface area (Å²) in [5.41, 5.74) is -0.969. The van der Waals surface area contributed by atoms with Crippen molar-refractivity contribution in [2.45, 2.75) is 77.0 Å². The Labute approximate surface area is 461 Å². The number of ether oxygens (including phenoxy) is 8. The number of rotatable bonds is 32. The van der Waals surface area contributed by atoms with E-state index < -0.39 is 53.3 Å². The molecule has 0 aliphatic carbocycles. The second kappa shape index (κ2) is 37.7. The van der Waals surface area contributed by atoms with E-state index in [0.29, 0.717) is 71.1 Å². The summed E-state index contributed by atoms with van der Waals surface area (Å²) in [6, 6.07) is 22.4. The van der Waals surface area contributed by atoms with E-state index in [-0.39, 0.29) is 51.2 Å². The van der Waals surface area contributed by atoms with Gasteiger partial charge in [-0.05, 0) is 162 Å². The SMILES string of the molecule is C=CC(=O)OCCCCCCOc1ccc(C(=O)O)c(F)c1.C=CC(=O)OCCCCCCOc1ccc(C(=O)Oc2ccc(OC(=O)c3ccc(OCCCCCCOC(=O)C=C)cc3F)cc2)c(F)c1.Oc1ccc(O)cc1. The molecule has 0 atom stereocenters. The predicted molar refractivity (Wildman–Crippen MR) is 288 cm³/mol. The molecule has 0 amide bonds. The second-order valence-corrected chi connectivity index (χ2v) is 16.9. The largest absolute Gasteiger partial charge is 0.508 e. The fraction of sp³-hybridized carbons (Fsp3) is 0.300. The molecule has 80 heavy (non-hydrogen) atoms. The third-order valence-electron chi connectivity index (χ3n) is 10.7. The van der Waals surface area contributed by atoms with Gasteiger partial charge in [0.2, 0.25) is 0 Å². The molecule has 0 unspecified atom stereocenters. The lowest BCUT2D eigenvalue weighted by molar-refractivity contribution is -0.138. The first-order chi connectivity index (χ1) is 38.5. The minimum absolute atomic E-state index is 0.0672. The van der Waals surface area contributed by atoms with Gasteiger partial charge in [-0.25, -0.2) is 41.9 Å². The number of unbranched alkanes of at least 4 members (excludes halogenated alkanes) is 9. The van der Waals surface area contributed by atoms with E-state index in [9.17, 15) is 41.9 Å². The van der Waals surface area contributed by atoms with Crippen LogP contribution in [0.5, 0.6) is 40.2 Å². The van der Waals surface area contributed by atoms with Crippen molar-refractivity contribution in [1.29, 1.82) is 0 Å². The van der Waals surface area contributed by atoms with Crippen LogP contribution in [0.15, 0.2) is 141 Å². The molecule has 5 rings (SSSR count). The van der Waals surface area contributed by atoms with Gasteiger partial charge in [0.05, 0.1) is 56.3 Å². The van der Waals surface area contributed by atoms with Crippen LogP contribution in [0.1, 0.15) is 108 Å². The average molecular weight is 1120 g/mol. The van der Waals surface area contributed by atoms with Crippen molar-refractivity contribution in [2.24, 2.45) is 0 Å². The monoisotopic (exact) mass is 1110 g/mol. The average Bonchev–Trinajstić information content (AvgIpc) is 3.44. The molecule has 3 N–H and O–H groups in total. The summed E-state index contributed by atoms with van der Waals surface area (Å²) in [5, 5.41) is 26.0. The minimum atomic E-state index is -1.30. The standard InChI is InChI=1S/C38H40F2O10.C16H19FO5.C6H6O2/c1-3-35(41)47-23-11-7-5-9-21-45-29-17-19-31(33(39)25-29)37(43)49-27-13-15-28(16-14-27)50-38(44)32-20-18-30(26-34(32)40)46-22-10-6-8-12-24-48-36(42)4-2;1-2-15(18)22-10-6-4-3-5-9-21-12-7-8-13(16(19)20)14(17)11-12;7-5-1-2-6(8)4-3-5/h3-4,13-20,25-26H,1-2,5-12,21-24H2;2,7-8,11H,1,3-6,9-10H2,(H,19,20);1-4,7-8H. The van der Waals surface area contributed by atoms with E-state index in [1.807, 2.05) is 0 Å². The lowest BCUT2D eigenvalue weighted by atomic mass is 10.2. The lowest BCUT2D eigenvalue weighted by Gasteiger charge is -2.10. The van der Waals surface area contributed by atoms with Gasteiger partial charge in [-0.3, -0.25) is 0 Å². The van der Waals surface area contributed by atoms with Gasteiger partial charge >= 0.3 is 35.8 Å². The molecule has 0 heterocycles. The van der Waals surface area contributed by atoms with Gasteiger partial charge in [0, 0.05) is 36.4 Å². The second-order valence-electron chi connectivity index (χ2n) is 16.9. The number of esters is 5. The Morgan fingerprint density at radius 1 is 0.375 bits per heavy atom. The molecule has 0 aliphatic rings. The van der Waals surface area contributed by atoms with Gasteiger partial charge in [-0.1, -0.05) is 19.7 Å². The highest BCUT2D eigenvalue weighted by Gasteiger charge is 2.18. The molecule has 0 radical (unpaired) electrons. The maximum atomic E-state index is 14.7. The predicted octanol–water partition coefficient (Wildman–Crippen LogP) is 12.0. The van der Waals surface area contributed by atoms with E-state index in [1.165, 1.54) is 84.9 Å². The number of hydrogen-bond donors (Lipinski definition) is 3. The Kier molecular flexibility index (Phi) is 30.7. The first-order valence-corrected chi connectivity index (χ1v) is 25.4. The summed E-state index contributed by atoms with van der Waals surface area (Å²) in [6.07, 6.45) is 12.9. The maximum Gasteiger partial charge on any atom is 0.346 e. The van der Waals surface area contributed by atoms with Crippen LogP contribution in [-0.4, -0.2) is 90.8 Å². The van der Waals surface area contributed by atoms with Crippen molar-refractivity contribution in [3.63, 3.8) is 0 Å². The highest BCUT2D eigenvalue weighted by Crippen LogP contribution is 2.25. The van der Waals surface area contributed by atoms with Crippen molar-refractivity contribution < 1.29 is 95.2 Å². The molecule has 5 aromatic carbocycles. The third-order valence-corrected chi connectivity index (χ3v) is 10.7. The van der Waals surface area contributed by atoms with Crippen LogP contribution >= 0.6 is 0 Å². The molecule has 0 fully saturated rings. The molecule has 0 saturated carbocycles. The molecule has 0 bridgehead atoms. The van der Waals surface area contributed by atoms with Crippen LogP contribution in [0.4, 0.5) is 13.2 Å². The van der Waals surface area contributed by atoms with Crippen molar-refractivity contribution in [3.8, 4) is 40.2 Å². The molecule has 0 aromatic heterocycles. The van der Waals surface area contributed by atoms with Gasteiger partial charge in [0.25, 0.3) is 0 Å². The van der Waals surface area contributed by atoms with Crippen LogP contribution in [0.2, 0.25) is 0 Å². The molecule has 5 aromatic rings. The van der Waals surface area contributed by atoms with Crippen molar-refractivity contribution in [1.82, 2.24) is 0 Å². The van der Waals surface area contributed by atoms with Crippen molar-refractivity contribution in [3.05, 3.63) is 175 Å². The Bertz CT molecular complexity index is 2640. The minimum Gasteiger partial charge on any atom is -0.508 e. The Balaban J connectivity index is 0.000000456. The summed E-state index contributed by atoms with van der Waals surface area (Å²) < 4.78 is 84.3. The summed E-state index contributed by atoms with van der Waals surface area (Å²) in [7, 11) is 0. The van der Waals surface area contributed by atoms with Gasteiger partial charge in [-0.2, -0.15) is 0 Å². The smallest absolute Gasteiger partial charge is 0.346 e. The number of aromatic carboxylic acids is 1. The topological polar surface area (TPSA) is 237 Å². The maximum absolute atomic E-state index is 14.7. The van der Waals surface area contributed by atoms with Crippen LogP contribution in [-0.2, 0) is 28.6 Å². The normalized spacial score (nSPS) is 10.2. The highest BCUT2D eigenvalue weighted by atomic mass is 19.1. The molecule has 17 nitrogen and oxygen atoms in total. The molecular formula is C60H65F3O17. The number of hydrogen-bond acceptors (Lipinski definition) is 16. The molecule has 0 saturated heterocycles. The van der Waals surface area contributed by atoms with E-state index in [1.54, 1.807) is 0 Å². The third kappa shape index (κ3) is 26.8. The van der Waals surface area contributed by atoms with Crippen molar-refractivity contribution >= 4 is 35.8 Å². The van der Waals surface area contributed by atoms with Crippen LogP contribution in [0.25, 0.3) is 0 Å². The zero-order valence-electron chi connectivity index (χ0n) is 44.1. The molecule has 0 aliphatic heterocycles. The molecular weight excluding hydrogens is 1050 g/mol. The number of aromatic hydroxyl groups is 2. The van der Waals surface area contributed by atoms with Gasteiger partial charge in [0.1, 0.15) is 57.7 Å². The quantitative estimate of drug-likeness (QED) is 0.00906. The van der Waals surface area contributed by atoms with Crippen LogP contribution in [0, 0.1) is 17.5 Å². The zero-order chi connectivity index (χ0) is 58.5. The highest BCUT2D eigenvalue weighted by molar-refractivity contribution is 5.92. The fourth-order valence-electron chi connectivity index (χ4n) is 6.55. The van der Waals surface area contributed by atoms with Gasteiger partial charge in [0.15, 0.2) is 0 Å². The number of carbonyl (C=O) groups is 6. The zero-order valence-corrected chi connectivity index (χ0v) is 44.1. The number of benzene rings is 5. The summed E-state index contributed by atoms with van der Waals surface area (Å²) in [4.78, 5) is 68.6. The summed E-state index contributed by atoms with van der Waals surface area (Å²) in [5.74, 6) is -5.65. The number of carbonyl (C=O) groups excluding carboxylic acids is 5. The number of phenols is 2. The molecule has 20 heteroatoms. The molecule has 428 valence electrons. The number of halogens is 3. The number of carboxylic acid groups (broad SMARTS) is 1. The van der Waals surface area contributed by atoms with Crippen LogP contribution in [0.3, 0.4) is 0 Å². The number of phenolic OH excluding ortho intramolecular Hbond substituents is 2. The van der Waals surface area contributed by atoms with E-state index >= 15 is 0 Å². The Morgan fingerprint density at radius 2 is 0.637 bits per heavy atom. The van der Waals surface area contributed by atoms with Gasteiger partial charge < -0.3 is 53.2 Å². The fourth-order valence-corrected chi connectivity index (χ4v) is 6.55. The van der Waals surface area contributed by atoms with Gasteiger partial charge in [-0.15, -0.1) is 0 Å². The molecule has 0 spiro atoms. The van der Waals surface area contributed by atoms with E-state index in [0.717, 1.165) is 87.8 Å². The Hall–Kier alpha value is -9.07. The lowest BCUT2D eigenvalue weighted by Crippen LogP contribution is -2.12. The van der Waals surface area contributed by atoms with Crippen LogP contribution < -0.4 is 23.7 Å². The van der Waals surface area contributed by atoms with Crippen molar-refractivity contribution in [2.75, 3.05) is 39.6 Å². The number of carboxylic acids is 1. The first-order valence-electron chi connectivity index (χ1n) is 25.4. The Morgan fingerprint density at radius 3 is 0.900 bits per heavy atom. The van der Waals surface area contributed by atoms with E-state index in [4.69, 9.17) is 53.2 Å². The summed E-state index contributed by atoms with van der Waals surface area (Å²) in [6.45, 7) is 12.1. The van der Waals surface area contributed by atoms with E-state index in [2.05, 4.69) is 19.7 Å². The summed E-state index contributed by atoms with van der Waals surface area (Å²) >= 11 is 0.